The maximum Gasteiger partial charge on any atom is 0.224 e. The number of aromatic amines is 1. The van der Waals surface area contributed by atoms with E-state index in [9.17, 15) is 0 Å². The molecule has 3 aromatic rings. The second-order valence-corrected chi connectivity index (χ2v) is 5.47. The van der Waals surface area contributed by atoms with Crippen molar-refractivity contribution in [1.29, 1.82) is 0 Å². The molecule has 3 N–H and O–H groups in total. The molecule has 3 heterocycles. The number of hydrogen-bond acceptors (Lipinski definition) is 6. The highest BCUT2D eigenvalue weighted by atomic mass is 35.5. The minimum Gasteiger partial charge on any atom is -0.491 e. The van der Waals surface area contributed by atoms with Gasteiger partial charge in [0.05, 0.1) is 12.9 Å². The van der Waals surface area contributed by atoms with Crippen LogP contribution >= 0.6 is 11.6 Å². The largest absolute Gasteiger partial charge is 0.491 e. The quantitative estimate of drug-likeness (QED) is 0.713. The van der Waals surface area contributed by atoms with Crippen LogP contribution in [0.1, 0.15) is 5.56 Å². The molecule has 1 aromatic carbocycles. The first-order chi connectivity index (χ1) is 10.7. The summed E-state index contributed by atoms with van der Waals surface area (Å²) < 4.78 is 5.78. The number of nitrogens with zero attached hydrogens (tertiary/aromatic N) is 4. The van der Waals surface area contributed by atoms with Gasteiger partial charge in [0, 0.05) is 17.1 Å². The zero-order chi connectivity index (χ0) is 15.1. The van der Waals surface area contributed by atoms with Crippen LogP contribution in [-0.2, 0) is 6.54 Å². The molecule has 1 aliphatic heterocycles. The third-order valence-corrected chi connectivity index (χ3v) is 3.82. The summed E-state index contributed by atoms with van der Waals surface area (Å²) in [6.45, 7) is 1.85. The van der Waals surface area contributed by atoms with E-state index < -0.39 is 0 Å². The van der Waals surface area contributed by atoms with Crippen LogP contribution in [0.15, 0.2) is 24.5 Å². The van der Waals surface area contributed by atoms with E-state index in [-0.39, 0.29) is 5.95 Å². The molecule has 0 amide bonds. The molecule has 0 atom stereocenters. The zero-order valence-electron chi connectivity index (χ0n) is 11.6. The average molecular weight is 317 g/mol. The lowest BCUT2D eigenvalue weighted by Gasteiger charge is -2.21. The Morgan fingerprint density at radius 2 is 2.23 bits per heavy atom. The fourth-order valence-electron chi connectivity index (χ4n) is 2.61. The van der Waals surface area contributed by atoms with Gasteiger partial charge in [-0.3, -0.25) is 0 Å². The summed E-state index contributed by atoms with van der Waals surface area (Å²) in [6.07, 6.45) is 1.58. The molecule has 0 spiro atoms. The molecular formula is C14H13ClN6O. The van der Waals surface area contributed by atoms with Crippen LogP contribution in [0.3, 0.4) is 0 Å². The molecule has 0 saturated heterocycles. The summed E-state index contributed by atoms with van der Waals surface area (Å²) in [5.41, 5.74) is 8.12. The third-order valence-electron chi connectivity index (χ3n) is 3.59. The number of imidazole rings is 1. The number of H-pyrrole nitrogens is 1. The number of nitrogen functional groups attached to an aromatic ring is 1. The minimum atomic E-state index is 0.200. The molecule has 0 fully saturated rings. The standard InChI is InChI=1S/C14H13ClN6O/c15-9-1-2-10-8(5-9)6-21(3-4-22-10)13-11-12(18-7-17-11)19-14(16)20-13/h1-2,5,7H,3-4,6H2,(H3,16,17,18,19,20). The first kappa shape index (κ1) is 13.1. The van der Waals surface area contributed by atoms with Crippen LogP contribution < -0.4 is 15.4 Å². The Labute approximate surface area is 131 Å². The van der Waals surface area contributed by atoms with Gasteiger partial charge in [0.25, 0.3) is 0 Å². The molecular weight excluding hydrogens is 304 g/mol. The Bertz CT molecular complexity index is 848. The van der Waals surface area contributed by atoms with Crippen molar-refractivity contribution in [2.24, 2.45) is 0 Å². The number of fused-ring (bicyclic) bond motifs is 2. The number of ether oxygens (including phenoxy) is 1. The number of nitrogens with two attached hydrogens (primary N) is 1. The van der Waals surface area contributed by atoms with Crippen molar-refractivity contribution in [3.05, 3.63) is 35.1 Å². The number of halogens is 1. The topological polar surface area (TPSA) is 92.9 Å². The van der Waals surface area contributed by atoms with E-state index >= 15 is 0 Å². The van der Waals surface area contributed by atoms with E-state index in [0.29, 0.717) is 30.4 Å². The molecule has 0 bridgehead atoms. The van der Waals surface area contributed by atoms with Crippen molar-refractivity contribution in [1.82, 2.24) is 19.9 Å². The molecule has 1 aliphatic rings. The Morgan fingerprint density at radius 3 is 3.14 bits per heavy atom. The third kappa shape index (κ3) is 2.19. The van der Waals surface area contributed by atoms with Gasteiger partial charge >= 0.3 is 0 Å². The van der Waals surface area contributed by atoms with Crippen molar-refractivity contribution >= 4 is 34.5 Å². The second-order valence-electron chi connectivity index (χ2n) is 5.03. The van der Waals surface area contributed by atoms with E-state index in [1.54, 1.807) is 6.33 Å². The molecule has 4 rings (SSSR count). The number of rotatable bonds is 1. The average Bonchev–Trinajstić information content (AvgIpc) is 2.85. The number of nitrogens with one attached hydrogen (secondary N) is 1. The molecule has 0 saturated carbocycles. The summed E-state index contributed by atoms with van der Waals surface area (Å²) in [7, 11) is 0. The normalized spacial score (nSPS) is 14.5. The first-order valence-electron chi connectivity index (χ1n) is 6.83. The minimum absolute atomic E-state index is 0.200. The molecule has 0 radical (unpaired) electrons. The maximum absolute atomic E-state index is 6.09. The number of anilines is 2. The number of hydrogen-bond donors (Lipinski definition) is 2. The van der Waals surface area contributed by atoms with Gasteiger partial charge in [-0.2, -0.15) is 9.97 Å². The molecule has 8 heteroatoms. The lowest BCUT2D eigenvalue weighted by atomic mass is 10.2. The van der Waals surface area contributed by atoms with Crippen LogP contribution in [0.25, 0.3) is 11.2 Å². The van der Waals surface area contributed by atoms with Crippen LogP contribution in [0, 0.1) is 0 Å². The Balaban J connectivity index is 1.80. The summed E-state index contributed by atoms with van der Waals surface area (Å²) in [4.78, 5) is 17.8. The number of aromatic nitrogens is 4. The maximum atomic E-state index is 6.09. The molecule has 22 heavy (non-hydrogen) atoms. The Morgan fingerprint density at radius 1 is 1.32 bits per heavy atom. The van der Waals surface area contributed by atoms with Crippen molar-refractivity contribution in [2.45, 2.75) is 6.54 Å². The van der Waals surface area contributed by atoms with Crippen LogP contribution in [0.4, 0.5) is 11.8 Å². The Kier molecular flexibility index (Phi) is 3.00. The van der Waals surface area contributed by atoms with Gasteiger partial charge in [-0.25, -0.2) is 4.98 Å². The van der Waals surface area contributed by atoms with Crippen LogP contribution in [0.2, 0.25) is 5.02 Å². The fraction of sp³-hybridized carbons (Fsp3) is 0.214. The molecule has 2 aromatic heterocycles. The Hall–Kier alpha value is -2.54. The van der Waals surface area contributed by atoms with Crippen molar-refractivity contribution < 1.29 is 4.74 Å². The summed E-state index contributed by atoms with van der Waals surface area (Å²) in [5.74, 6) is 1.76. The van der Waals surface area contributed by atoms with Crippen LogP contribution in [0.5, 0.6) is 5.75 Å². The highest BCUT2D eigenvalue weighted by molar-refractivity contribution is 6.30. The highest BCUT2D eigenvalue weighted by Crippen LogP contribution is 2.30. The van der Waals surface area contributed by atoms with Gasteiger partial charge in [0.15, 0.2) is 11.5 Å². The van der Waals surface area contributed by atoms with Crippen LogP contribution in [-0.4, -0.2) is 33.1 Å². The van der Waals surface area contributed by atoms with Gasteiger partial charge in [-0.15, -0.1) is 0 Å². The summed E-state index contributed by atoms with van der Waals surface area (Å²) in [5, 5.41) is 0.679. The lowest BCUT2D eigenvalue weighted by molar-refractivity contribution is 0.331. The van der Waals surface area contributed by atoms with E-state index in [4.69, 9.17) is 22.1 Å². The van der Waals surface area contributed by atoms with E-state index in [1.807, 2.05) is 18.2 Å². The SMILES string of the molecule is Nc1nc(N2CCOc3ccc(Cl)cc3C2)c2[nH]cnc2n1. The van der Waals surface area contributed by atoms with E-state index in [0.717, 1.165) is 22.6 Å². The highest BCUT2D eigenvalue weighted by Gasteiger charge is 2.20. The van der Waals surface area contributed by atoms with E-state index in [2.05, 4.69) is 24.8 Å². The molecule has 7 nitrogen and oxygen atoms in total. The lowest BCUT2D eigenvalue weighted by Crippen LogP contribution is -2.27. The van der Waals surface area contributed by atoms with E-state index in [1.165, 1.54) is 0 Å². The smallest absolute Gasteiger partial charge is 0.224 e. The summed E-state index contributed by atoms with van der Waals surface area (Å²) in [6, 6.07) is 5.62. The molecule has 0 aliphatic carbocycles. The first-order valence-corrected chi connectivity index (χ1v) is 7.21. The monoisotopic (exact) mass is 316 g/mol. The van der Waals surface area contributed by atoms with Gasteiger partial charge < -0.3 is 20.4 Å². The summed E-state index contributed by atoms with van der Waals surface area (Å²) >= 11 is 6.09. The fourth-order valence-corrected chi connectivity index (χ4v) is 2.80. The van der Waals surface area contributed by atoms with Gasteiger partial charge in [0.2, 0.25) is 5.95 Å². The van der Waals surface area contributed by atoms with Gasteiger partial charge in [-0.05, 0) is 18.2 Å². The molecule has 0 unspecified atom stereocenters. The van der Waals surface area contributed by atoms with Crippen molar-refractivity contribution in [3.63, 3.8) is 0 Å². The second kappa shape index (κ2) is 5.03. The predicted octanol–water partition coefficient (Wildman–Crippen LogP) is 1.99. The van der Waals surface area contributed by atoms with Gasteiger partial charge in [-0.1, -0.05) is 11.6 Å². The number of benzene rings is 1. The van der Waals surface area contributed by atoms with Crippen molar-refractivity contribution in [2.75, 3.05) is 23.8 Å². The predicted molar refractivity (Wildman–Crippen MR) is 84.1 cm³/mol. The zero-order valence-corrected chi connectivity index (χ0v) is 12.3. The molecule has 112 valence electrons. The van der Waals surface area contributed by atoms with Gasteiger partial charge in [0.1, 0.15) is 17.9 Å². The van der Waals surface area contributed by atoms with Crippen molar-refractivity contribution in [3.8, 4) is 5.75 Å².